The normalized spacial score (nSPS) is 12.1. The molecule has 5 heteroatoms. The summed E-state index contributed by atoms with van der Waals surface area (Å²) in [5.74, 6) is 0. The highest BCUT2D eigenvalue weighted by Crippen LogP contribution is 2.48. The molecule has 0 amide bonds. The number of nitriles is 1. The zero-order valence-electron chi connectivity index (χ0n) is 25.4. The van der Waals surface area contributed by atoms with Crippen molar-refractivity contribution in [2.75, 3.05) is 4.90 Å². The van der Waals surface area contributed by atoms with Crippen molar-refractivity contribution < 1.29 is 8.83 Å². The number of benzene rings is 7. The minimum Gasteiger partial charge on any atom is -0.454 e. The molecule has 0 fully saturated rings. The van der Waals surface area contributed by atoms with E-state index in [0.717, 1.165) is 99.0 Å². The Morgan fingerprint density at radius 1 is 0.438 bits per heavy atom. The van der Waals surface area contributed by atoms with Crippen molar-refractivity contribution in [1.82, 2.24) is 4.40 Å². The molecule has 7 aromatic carbocycles. The lowest BCUT2D eigenvalue weighted by molar-refractivity contribution is 0.670. The molecular weight excluding hydrogens is 590 g/mol. The van der Waals surface area contributed by atoms with E-state index in [1.807, 2.05) is 54.6 Å². The van der Waals surface area contributed by atoms with Crippen molar-refractivity contribution in [1.29, 1.82) is 5.26 Å². The van der Waals surface area contributed by atoms with E-state index >= 15 is 0 Å². The fourth-order valence-electron chi connectivity index (χ4n) is 7.87. The van der Waals surface area contributed by atoms with Crippen LogP contribution in [0.5, 0.6) is 0 Å². The number of para-hydroxylation sites is 3. The molecule has 0 N–H and O–H groups in total. The third kappa shape index (κ3) is 3.23. The third-order valence-electron chi connectivity index (χ3n) is 9.91. The average Bonchev–Trinajstić information content (AvgIpc) is 3.88. The fourth-order valence-corrected chi connectivity index (χ4v) is 7.87. The first-order valence-electron chi connectivity index (χ1n) is 16.0. The molecule has 0 aliphatic carbocycles. The van der Waals surface area contributed by atoms with Crippen LogP contribution in [-0.2, 0) is 0 Å². The van der Waals surface area contributed by atoms with Gasteiger partial charge in [-0.1, -0.05) is 66.7 Å². The molecule has 0 saturated heterocycles. The Kier molecular flexibility index (Phi) is 4.85. The van der Waals surface area contributed by atoms with Crippen LogP contribution in [0.15, 0.2) is 148 Å². The Morgan fingerprint density at radius 3 is 1.50 bits per heavy atom. The summed E-state index contributed by atoms with van der Waals surface area (Å²) in [6, 6.07) is 50.4. The first kappa shape index (κ1) is 25.4. The van der Waals surface area contributed by atoms with E-state index < -0.39 is 0 Å². The molecule has 48 heavy (non-hydrogen) atoms. The van der Waals surface area contributed by atoms with Crippen molar-refractivity contribution in [2.45, 2.75) is 0 Å². The molecule has 222 valence electrons. The minimum atomic E-state index is 0.627. The average molecular weight is 614 g/mol. The van der Waals surface area contributed by atoms with Crippen LogP contribution in [0.25, 0.3) is 82.0 Å². The second-order valence-electron chi connectivity index (χ2n) is 12.4. The molecule has 0 aliphatic rings. The number of anilines is 3. The minimum absolute atomic E-state index is 0.627. The van der Waals surface area contributed by atoms with Crippen molar-refractivity contribution in [3.05, 3.63) is 145 Å². The summed E-state index contributed by atoms with van der Waals surface area (Å²) in [5.41, 5.74) is 10.3. The molecule has 0 bridgehead atoms. The zero-order chi connectivity index (χ0) is 31.5. The van der Waals surface area contributed by atoms with Gasteiger partial charge in [0.15, 0.2) is 11.2 Å². The van der Waals surface area contributed by atoms with Gasteiger partial charge in [0.25, 0.3) is 0 Å². The number of nitrogens with zero attached hydrogens (tertiary/aromatic N) is 3. The Bertz CT molecular complexity index is 2960. The number of furan rings is 2. The summed E-state index contributed by atoms with van der Waals surface area (Å²) < 4.78 is 15.8. The molecule has 11 rings (SSSR count). The third-order valence-corrected chi connectivity index (χ3v) is 9.91. The van der Waals surface area contributed by atoms with Crippen molar-refractivity contribution in [2.24, 2.45) is 0 Å². The van der Waals surface area contributed by atoms with Crippen LogP contribution >= 0.6 is 0 Å². The largest absolute Gasteiger partial charge is 0.454 e. The molecule has 0 atom stereocenters. The molecular formula is C43H23N3O2. The monoisotopic (exact) mass is 613 g/mol. The van der Waals surface area contributed by atoms with E-state index in [1.54, 1.807) is 0 Å². The van der Waals surface area contributed by atoms with Gasteiger partial charge in [-0.25, -0.2) is 0 Å². The summed E-state index contributed by atoms with van der Waals surface area (Å²) >= 11 is 0. The van der Waals surface area contributed by atoms with E-state index in [4.69, 9.17) is 8.83 Å². The van der Waals surface area contributed by atoms with Gasteiger partial charge >= 0.3 is 0 Å². The number of fused-ring (bicyclic) bond motifs is 14. The first-order chi connectivity index (χ1) is 23.8. The van der Waals surface area contributed by atoms with Crippen molar-refractivity contribution >= 4 is 99.0 Å². The van der Waals surface area contributed by atoms with Crippen LogP contribution in [0.2, 0.25) is 0 Å². The van der Waals surface area contributed by atoms with Crippen LogP contribution < -0.4 is 4.90 Å². The summed E-state index contributed by atoms with van der Waals surface area (Å²) in [6.45, 7) is 0. The molecule has 11 aromatic rings. The Hall–Kier alpha value is -6.77. The smallest absolute Gasteiger partial charge is 0.160 e. The van der Waals surface area contributed by atoms with Crippen LogP contribution in [0.3, 0.4) is 0 Å². The van der Waals surface area contributed by atoms with E-state index in [0.29, 0.717) is 5.56 Å². The van der Waals surface area contributed by atoms with Crippen LogP contribution in [0.1, 0.15) is 5.56 Å². The van der Waals surface area contributed by atoms with Crippen LogP contribution in [0.4, 0.5) is 17.1 Å². The number of aromatic nitrogens is 1. The highest BCUT2D eigenvalue weighted by Gasteiger charge is 2.26. The predicted molar refractivity (Wildman–Crippen MR) is 195 cm³/mol. The Morgan fingerprint density at radius 2 is 0.938 bits per heavy atom. The van der Waals surface area contributed by atoms with Gasteiger partial charge in [-0.15, -0.1) is 0 Å². The lowest BCUT2D eigenvalue weighted by atomic mass is 10.0. The van der Waals surface area contributed by atoms with Gasteiger partial charge in [-0.05, 0) is 72.8 Å². The molecule has 5 nitrogen and oxygen atoms in total. The van der Waals surface area contributed by atoms with E-state index in [9.17, 15) is 5.26 Å². The van der Waals surface area contributed by atoms with Gasteiger partial charge in [-0.3, -0.25) is 0 Å². The van der Waals surface area contributed by atoms with E-state index in [-0.39, 0.29) is 0 Å². The lowest BCUT2D eigenvalue weighted by Crippen LogP contribution is -2.09. The second kappa shape index (κ2) is 9.16. The van der Waals surface area contributed by atoms with E-state index in [2.05, 4.69) is 100 Å². The Labute approximate surface area is 273 Å². The van der Waals surface area contributed by atoms with Crippen molar-refractivity contribution in [3.8, 4) is 6.07 Å². The summed E-state index contributed by atoms with van der Waals surface area (Å²) in [6.07, 6.45) is 0. The Balaban J connectivity index is 1.34. The maximum Gasteiger partial charge on any atom is 0.160 e. The highest BCUT2D eigenvalue weighted by molar-refractivity contribution is 6.32. The summed E-state index contributed by atoms with van der Waals surface area (Å²) in [7, 11) is 0. The maximum absolute atomic E-state index is 9.53. The first-order valence-corrected chi connectivity index (χ1v) is 16.0. The molecule has 0 spiro atoms. The molecule has 4 heterocycles. The zero-order valence-corrected chi connectivity index (χ0v) is 25.4. The quantitative estimate of drug-likeness (QED) is 0.199. The van der Waals surface area contributed by atoms with Crippen molar-refractivity contribution in [3.63, 3.8) is 0 Å². The maximum atomic E-state index is 9.53. The predicted octanol–water partition coefficient (Wildman–Crippen LogP) is 12.0. The topological polar surface area (TPSA) is 57.7 Å². The molecule has 0 aliphatic heterocycles. The number of hydrogen-bond acceptors (Lipinski definition) is 4. The highest BCUT2D eigenvalue weighted by atomic mass is 16.3. The van der Waals surface area contributed by atoms with Gasteiger partial charge < -0.3 is 18.1 Å². The van der Waals surface area contributed by atoms with Gasteiger partial charge in [0, 0.05) is 60.2 Å². The second-order valence-corrected chi connectivity index (χ2v) is 12.4. The standard InChI is InChI=1S/C43H23N3O2/c44-24-25-14-16-27(17-15-25)45(26-8-2-1-3-9-26)28-22-35-31-18-20-33-29-10-4-6-12-37(29)47-42(33)40(31)46-39(35)36(23-28)32-19-21-34-30-11-5-7-13-38(30)48-43(34)41(32)46/h1-23H. The van der Waals surface area contributed by atoms with Crippen LogP contribution in [-0.4, -0.2) is 4.40 Å². The summed E-state index contributed by atoms with van der Waals surface area (Å²) in [5, 5.41) is 18.4. The molecule has 4 aromatic heterocycles. The van der Waals surface area contributed by atoms with E-state index in [1.165, 1.54) is 0 Å². The van der Waals surface area contributed by atoms with Gasteiger partial charge in [0.2, 0.25) is 0 Å². The van der Waals surface area contributed by atoms with Gasteiger partial charge in [0.05, 0.1) is 28.2 Å². The van der Waals surface area contributed by atoms with Gasteiger partial charge in [-0.2, -0.15) is 5.26 Å². The summed E-state index contributed by atoms with van der Waals surface area (Å²) in [4.78, 5) is 2.26. The number of rotatable bonds is 3. The molecule has 0 radical (unpaired) electrons. The lowest BCUT2D eigenvalue weighted by Gasteiger charge is -2.25. The fraction of sp³-hybridized carbons (Fsp3) is 0. The molecule has 0 unspecified atom stereocenters. The van der Waals surface area contributed by atoms with Crippen LogP contribution in [0, 0.1) is 11.3 Å². The SMILES string of the molecule is N#Cc1ccc(N(c2ccccc2)c2cc3c4ccc5c6ccccc6oc5c4n4c3c(c2)c2ccc3c5ccccc5oc3c24)cc1. The van der Waals surface area contributed by atoms with Gasteiger partial charge in [0.1, 0.15) is 11.2 Å². The number of hydrogen-bond donors (Lipinski definition) is 0. The molecule has 0 saturated carbocycles.